The molecule has 1 fully saturated rings. The molecule has 0 unspecified atom stereocenters. The predicted octanol–water partition coefficient (Wildman–Crippen LogP) is 2.40. The Morgan fingerprint density at radius 1 is 1.32 bits per heavy atom. The summed E-state index contributed by atoms with van der Waals surface area (Å²) in [6, 6.07) is 3.61. The molecule has 1 saturated carbocycles. The minimum absolute atomic E-state index is 0.0335. The molecule has 19 heavy (non-hydrogen) atoms. The van der Waals surface area contributed by atoms with Gasteiger partial charge in [-0.15, -0.1) is 0 Å². The van der Waals surface area contributed by atoms with Crippen LogP contribution in [0.15, 0.2) is 16.6 Å². The quantitative estimate of drug-likeness (QED) is 0.867. The second kappa shape index (κ2) is 4.80. The summed E-state index contributed by atoms with van der Waals surface area (Å²) in [4.78, 5) is 12.0. The fourth-order valence-electron chi connectivity index (χ4n) is 2.20. The van der Waals surface area contributed by atoms with Crippen LogP contribution in [0.25, 0.3) is 0 Å². The summed E-state index contributed by atoms with van der Waals surface area (Å²) >= 11 is 3.43. The molecule has 2 aliphatic rings. The number of hydrogen-bond donors (Lipinski definition) is 1. The molecule has 0 amide bonds. The lowest BCUT2D eigenvalue weighted by atomic mass is 10.1. The van der Waals surface area contributed by atoms with Crippen LogP contribution in [-0.4, -0.2) is 32.6 Å². The van der Waals surface area contributed by atoms with Gasteiger partial charge in [-0.25, -0.2) is 0 Å². The number of fused-ring (bicyclic) bond motifs is 1. The van der Waals surface area contributed by atoms with E-state index in [0.717, 1.165) is 23.1 Å². The monoisotopic (exact) mass is 325 g/mol. The van der Waals surface area contributed by atoms with Crippen LogP contribution in [0.1, 0.15) is 23.2 Å². The van der Waals surface area contributed by atoms with Gasteiger partial charge >= 0.3 is 0 Å². The first kappa shape index (κ1) is 12.9. The second-order valence-corrected chi connectivity index (χ2v) is 6.16. The zero-order chi connectivity index (χ0) is 13.5. The van der Waals surface area contributed by atoms with E-state index in [1.807, 2.05) is 6.07 Å². The van der Waals surface area contributed by atoms with Crippen molar-refractivity contribution in [3.05, 3.63) is 22.2 Å². The van der Waals surface area contributed by atoms with Crippen LogP contribution in [0.4, 0.5) is 0 Å². The van der Waals surface area contributed by atoms with Crippen LogP contribution in [0.2, 0.25) is 0 Å². The predicted molar refractivity (Wildman–Crippen MR) is 75.1 cm³/mol. The van der Waals surface area contributed by atoms with Crippen LogP contribution >= 0.6 is 15.9 Å². The van der Waals surface area contributed by atoms with Gasteiger partial charge in [0.05, 0.1) is 19.8 Å². The van der Waals surface area contributed by atoms with Crippen molar-refractivity contribution in [3.63, 3.8) is 0 Å². The molecule has 1 aliphatic heterocycles. The highest BCUT2D eigenvalue weighted by Crippen LogP contribution is 2.49. The maximum absolute atomic E-state index is 12.0. The summed E-state index contributed by atoms with van der Waals surface area (Å²) < 4.78 is 12.4. The fourth-order valence-corrected chi connectivity index (χ4v) is 2.74. The lowest BCUT2D eigenvalue weighted by molar-refractivity contribution is 0.0992. The maximum Gasteiger partial charge on any atom is 0.177 e. The summed E-state index contributed by atoms with van der Waals surface area (Å²) in [7, 11) is 1.76. The minimum Gasteiger partial charge on any atom is -0.489 e. The Morgan fingerprint density at radius 3 is 2.53 bits per heavy atom. The molecular formula is C14H16BrNO3. The van der Waals surface area contributed by atoms with Gasteiger partial charge in [0.15, 0.2) is 17.3 Å². The molecule has 0 saturated heterocycles. The number of halogens is 1. The van der Waals surface area contributed by atoms with E-state index < -0.39 is 0 Å². The SMILES string of the molecule is CNCC(=O)c1cc2c(cc1Br)OCC1(CC1)CO2. The molecule has 0 bridgehead atoms. The summed E-state index contributed by atoms with van der Waals surface area (Å²) in [6.45, 7) is 1.69. The number of nitrogens with one attached hydrogen (secondary N) is 1. The third-order valence-corrected chi connectivity index (χ3v) is 4.35. The number of carbonyl (C=O) groups is 1. The van der Waals surface area contributed by atoms with Crippen molar-refractivity contribution >= 4 is 21.7 Å². The summed E-state index contributed by atoms with van der Waals surface area (Å²) in [5.74, 6) is 1.43. The lowest BCUT2D eigenvalue weighted by Gasteiger charge is -2.10. The number of Topliss-reactive ketones (excluding diaryl/α,β-unsaturated/α-hetero) is 1. The van der Waals surface area contributed by atoms with Gasteiger partial charge in [0.2, 0.25) is 0 Å². The van der Waals surface area contributed by atoms with Gasteiger partial charge in [0, 0.05) is 15.5 Å². The molecule has 1 heterocycles. The van der Waals surface area contributed by atoms with Crippen molar-refractivity contribution in [2.24, 2.45) is 5.41 Å². The van der Waals surface area contributed by atoms with Crippen molar-refractivity contribution in [1.82, 2.24) is 5.32 Å². The van der Waals surface area contributed by atoms with E-state index in [4.69, 9.17) is 9.47 Å². The van der Waals surface area contributed by atoms with Gasteiger partial charge in [-0.1, -0.05) is 0 Å². The number of likely N-dealkylation sites (N-methyl/N-ethyl adjacent to an activating group) is 1. The highest BCUT2D eigenvalue weighted by molar-refractivity contribution is 9.10. The summed E-state index contributed by atoms with van der Waals surface area (Å²) in [5, 5.41) is 2.87. The highest BCUT2D eigenvalue weighted by Gasteiger charge is 2.46. The molecule has 4 nitrogen and oxygen atoms in total. The average Bonchev–Trinajstić information content (AvgIpc) is 3.18. The van der Waals surface area contributed by atoms with E-state index in [9.17, 15) is 4.79 Å². The van der Waals surface area contributed by atoms with Crippen LogP contribution in [0.5, 0.6) is 11.5 Å². The minimum atomic E-state index is 0.0335. The van der Waals surface area contributed by atoms with Crippen LogP contribution < -0.4 is 14.8 Å². The van der Waals surface area contributed by atoms with Gasteiger partial charge < -0.3 is 14.8 Å². The normalized spacial score (nSPS) is 19.1. The van der Waals surface area contributed by atoms with E-state index in [2.05, 4.69) is 21.2 Å². The molecule has 0 radical (unpaired) electrons. The third kappa shape index (κ3) is 2.49. The van der Waals surface area contributed by atoms with E-state index >= 15 is 0 Å². The number of rotatable bonds is 3. The zero-order valence-corrected chi connectivity index (χ0v) is 12.4. The summed E-state index contributed by atoms with van der Waals surface area (Å²) in [5.41, 5.74) is 0.837. The number of hydrogen-bond acceptors (Lipinski definition) is 4. The van der Waals surface area contributed by atoms with Gasteiger partial charge in [-0.2, -0.15) is 0 Å². The molecule has 3 rings (SSSR count). The molecular weight excluding hydrogens is 310 g/mol. The van der Waals surface area contributed by atoms with E-state index in [-0.39, 0.29) is 11.2 Å². The molecule has 102 valence electrons. The van der Waals surface area contributed by atoms with Crippen molar-refractivity contribution in [3.8, 4) is 11.5 Å². The molecule has 1 N–H and O–H groups in total. The average molecular weight is 326 g/mol. The van der Waals surface area contributed by atoms with Crippen molar-refractivity contribution < 1.29 is 14.3 Å². The standard InChI is InChI=1S/C14H16BrNO3/c1-16-6-11(17)9-4-12-13(5-10(9)15)19-8-14(2-3-14)7-18-12/h4-5,16H,2-3,6-8H2,1H3. The van der Waals surface area contributed by atoms with Gasteiger partial charge in [-0.05, 0) is 48.0 Å². The highest BCUT2D eigenvalue weighted by atomic mass is 79.9. The number of carbonyl (C=O) groups excluding carboxylic acids is 1. The number of ether oxygens (including phenoxy) is 2. The van der Waals surface area contributed by atoms with E-state index in [1.165, 1.54) is 0 Å². The molecule has 5 heteroatoms. The largest absolute Gasteiger partial charge is 0.489 e. The molecule has 1 spiro atoms. The van der Waals surface area contributed by atoms with Gasteiger partial charge in [-0.3, -0.25) is 4.79 Å². The first-order valence-corrected chi connectivity index (χ1v) is 7.20. The molecule has 0 atom stereocenters. The Kier molecular flexibility index (Phi) is 3.27. The van der Waals surface area contributed by atoms with Crippen LogP contribution in [0.3, 0.4) is 0 Å². The third-order valence-electron chi connectivity index (χ3n) is 3.70. The molecule has 0 aromatic heterocycles. The number of benzene rings is 1. The first-order valence-electron chi connectivity index (χ1n) is 6.40. The van der Waals surface area contributed by atoms with Crippen molar-refractivity contribution in [2.75, 3.05) is 26.8 Å². The smallest absolute Gasteiger partial charge is 0.177 e. The van der Waals surface area contributed by atoms with Crippen molar-refractivity contribution in [2.45, 2.75) is 12.8 Å². The fraction of sp³-hybridized carbons (Fsp3) is 0.500. The Balaban J connectivity index is 1.90. The van der Waals surface area contributed by atoms with E-state index in [1.54, 1.807) is 13.1 Å². The topological polar surface area (TPSA) is 47.6 Å². The Labute approximate surface area is 120 Å². The maximum atomic E-state index is 12.0. The molecule has 1 aromatic rings. The number of ketones is 1. The van der Waals surface area contributed by atoms with Crippen LogP contribution in [0, 0.1) is 5.41 Å². The summed E-state index contributed by atoms with van der Waals surface area (Å²) in [6.07, 6.45) is 2.32. The van der Waals surface area contributed by atoms with E-state index in [0.29, 0.717) is 31.1 Å². The van der Waals surface area contributed by atoms with Crippen molar-refractivity contribution in [1.29, 1.82) is 0 Å². The van der Waals surface area contributed by atoms with Crippen LogP contribution in [-0.2, 0) is 0 Å². The Bertz CT molecular complexity index is 526. The zero-order valence-electron chi connectivity index (χ0n) is 10.8. The Morgan fingerprint density at radius 2 is 1.95 bits per heavy atom. The lowest BCUT2D eigenvalue weighted by Crippen LogP contribution is -2.19. The molecule has 1 aliphatic carbocycles. The molecule has 1 aromatic carbocycles. The second-order valence-electron chi connectivity index (χ2n) is 5.31. The Hall–Kier alpha value is -1.07. The van der Waals surface area contributed by atoms with Gasteiger partial charge in [0.1, 0.15) is 0 Å². The first-order chi connectivity index (χ1) is 9.13. The van der Waals surface area contributed by atoms with Gasteiger partial charge in [0.25, 0.3) is 0 Å².